The maximum atomic E-state index is 10.9. The van der Waals surface area contributed by atoms with Gasteiger partial charge in [-0.2, -0.15) is 0 Å². The molecule has 0 fully saturated rings. The van der Waals surface area contributed by atoms with Gasteiger partial charge in [0.25, 0.3) is 0 Å². The standard InChI is InChI=1S/C14H13NO3/c16-14(17)13-12(7-4-8-15-13)10-18-9-11-5-2-1-3-6-11/h1-8H,9-10H2,(H,16,17). The number of ether oxygens (including phenoxy) is 1. The maximum Gasteiger partial charge on any atom is 0.354 e. The zero-order valence-electron chi connectivity index (χ0n) is 9.74. The first-order chi connectivity index (χ1) is 8.77. The van der Waals surface area contributed by atoms with Gasteiger partial charge in [-0.1, -0.05) is 36.4 Å². The summed E-state index contributed by atoms with van der Waals surface area (Å²) in [6, 6.07) is 13.1. The lowest BCUT2D eigenvalue weighted by atomic mass is 10.2. The summed E-state index contributed by atoms with van der Waals surface area (Å²) in [4.78, 5) is 14.8. The van der Waals surface area contributed by atoms with Crippen LogP contribution in [0.1, 0.15) is 21.6 Å². The van der Waals surface area contributed by atoms with Gasteiger partial charge in [-0.05, 0) is 11.6 Å². The van der Waals surface area contributed by atoms with Gasteiger partial charge < -0.3 is 9.84 Å². The Balaban J connectivity index is 1.97. The fourth-order valence-electron chi connectivity index (χ4n) is 1.60. The molecule has 0 radical (unpaired) electrons. The van der Waals surface area contributed by atoms with Crippen molar-refractivity contribution in [1.82, 2.24) is 4.98 Å². The molecule has 92 valence electrons. The first-order valence-corrected chi connectivity index (χ1v) is 5.56. The number of carboxylic acid groups (broad SMARTS) is 1. The van der Waals surface area contributed by atoms with E-state index in [1.54, 1.807) is 12.1 Å². The van der Waals surface area contributed by atoms with Crippen molar-refractivity contribution in [3.05, 3.63) is 65.5 Å². The molecule has 0 aliphatic carbocycles. The van der Waals surface area contributed by atoms with Crippen molar-refractivity contribution < 1.29 is 14.6 Å². The van der Waals surface area contributed by atoms with E-state index >= 15 is 0 Å². The Labute approximate surface area is 105 Å². The summed E-state index contributed by atoms with van der Waals surface area (Å²) in [5.74, 6) is -1.03. The highest BCUT2D eigenvalue weighted by Crippen LogP contribution is 2.09. The fourth-order valence-corrected chi connectivity index (χ4v) is 1.60. The van der Waals surface area contributed by atoms with Crippen molar-refractivity contribution in [3.8, 4) is 0 Å². The molecule has 0 spiro atoms. The number of aromatic nitrogens is 1. The quantitative estimate of drug-likeness (QED) is 0.876. The van der Waals surface area contributed by atoms with Crippen LogP contribution in [0.2, 0.25) is 0 Å². The summed E-state index contributed by atoms with van der Waals surface area (Å²) in [6.07, 6.45) is 1.46. The number of carbonyl (C=O) groups is 1. The van der Waals surface area contributed by atoms with Crippen molar-refractivity contribution in [1.29, 1.82) is 0 Å². The molecule has 0 aliphatic heterocycles. The monoisotopic (exact) mass is 243 g/mol. The number of benzene rings is 1. The van der Waals surface area contributed by atoms with E-state index in [-0.39, 0.29) is 12.3 Å². The summed E-state index contributed by atoms with van der Waals surface area (Å²) in [6.45, 7) is 0.694. The van der Waals surface area contributed by atoms with Gasteiger partial charge in [0.1, 0.15) is 0 Å². The van der Waals surface area contributed by atoms with E-state index in [4.69, 9.17) is 9.84 Å². The molecule has 4 heteroatoms. The second kappa shape index (κ2) is 5.93. The van der Waals surface area contributed by atoms with E-state index in [0.717, 1.165) is 5.56 Å². The first-order valence-electron chi connectivity index (χ1n) is 5.56. The van der Waals surface area contributed by atoms with Crippen molar-refractivity contribution >= 4 is 5.97 Å². The van der Waals surface area contributed by atoms with Gasteiger partial charge in [0, 0.05) is 11.8 Å². The smallest absolute Gasteiger partial charge is 0.354 e. The zero-order valence-corrected chi connectivity index (χ0v) is 9.74. The van der Waals surface area contributed by atoms with Crippen LogP contribution in [0.25, 0.3) is 0 Å². The van der Waals surface area contributed by atoms with Crippen LogP contribution < -0.4 is 0 Å². The highest BCUT2D eigenvalue weighted by molar-refractivity contribution is 5.86. The van der Waals surface area contributed by atoms with Gasteiger partial charge in [0.05, 0.1) is 13.2 Å². The van der Waals surface area contributed by atoms with Crippen LogP contribution in [-0.4, -0.2) is 16.1 Å². The minimum absolute atomic E-state index is 0.0468. The van der Waals surface area contributed by atoms with E-state index in [9.17, 15) is 4.79 Å². The average Bonchev–Trinajstić information content (AvgIpc) is 2.40. The maximum absolute atomic E-state index is 10.9. The number of rotatable bonds is 5. The lowest BCUT2D eigenvalue weighted by molar-refractivity contribution is 0.0676. The molecule has 2 rings (SSSR count). The summed E-state index contributed by atoms with van der Waals surface area (Å²) in [5, 5.41) is 8.96. The Bertz CT molecular complexity index is 526. The van der Waals surface area contributed by atoms with Gasteiger partial charge in [0.15, 0.2) is 5.69 Å². The topological polar surface area (TPSA) is 59.4 Å². The zero-order chi connectivity index (χ0) is 12.8. The molecule has 1 aromatic carbocycles. The summed E-state index contributed by atoms with van der Waals surface area (Å²) in [7, 11) is 0. The first kappa shape index (κ1) is 12.3. The molecule has 0 unspecified atom stereocenters. The molecular formula is C14H13NO3. The van der Waals surface area contributed by atoms with Crippen LogP contribution in [0, 0.1) is 0 Å². The van der Waals surface area contributed by atoms with Crippen LogP contribution >= 0.6 is 0 Å². The number of aromatic carboxylic acids is 1. The second-order valence-corrected chi connectivity index (χ2v) is 3.79. The Kier molecular flexibility index (Phi) is 4.04. The largest absolute Gasteiger partial charge is 0.477 e. The molecule has 1 N–H and O–H groups in total. The lowest BCUT2D eigenvalue weighted by Crippen LogP contribution is -2.06. The molecule has 0 amide bonds. The summed E-state index contributed by atoms with van der Waals surface area (Å²) < 4.78 is 5.49. The third kappa shape index (κ3) is 3.15. The predicted molar refractivity (Wildman–Crippen MR) is 66.1 cm³/mol. The van der Waals surface area contributed by atoms with Gasteiger partial charge in [-0.25, -0.2) is 9.78 Å². The van der Waals surface area contributed by atoms with E-state index in [0.29, 0.717) is 12.2 Å². The van der Waals surface area contributed by atoms with E-state index in [1.807, 2.05) is 30.3 Å². The second-order valence-electron chi connectivity index (χ2n) is 3.79. The van der Waals surface area contributed by atoms with Crippen molar-refractivity contribution in [3.63, 3.8) is 0 Å². The van der Waals surface area contributed by atoms with Crippen LogP contribution in [0.5, 0.6) is 0 Å². The van der Waals surface area contributed by atoms with Crippen LogP contribution in [0.3, 0.4) is 0 Å². The highest BCUT2D eigenvalue weighted by atomic mass is 16.5. The van der Waals surface area contributed by atoms with Gasteiger partial charge >= 0.3 is 5.97 Å². The molecule has 2 aromatic rings. The SMILES string of the molecule is O=C(O)c1ncccc1COCc1ccccc1. The average molecular weight is 243 g/mol. The molecule has 0 bridgehead atoms. The third-order valence-electron chi connectivity index (χ3n) is 2.46. The summed E-state index contributed by atoms with van der Waals surface area (Å²) in [5.41, 5.74) is 1.68. The minimum atomic E-state index is -1.03. The number of pyridine rings is 1. The number of hydrogen-bond acceptors (Lipinski definition) is 3. The minimum Gasteiger partial charge on any atom is -0.477 e. The van der Waals surface area contributed by atoms with E-state index in [1.165, 1.54) is 6.20 Å². The number of hydrogen-bond donors (Lipinski definition) is 1. The Morgan fingerprint density at radius 1 is 1.11 bits per heavy atom. The van der Waals surface area contributed by atoms with E-state index < -0.39 is 5.97 Å². The normalized spacial score (nSPS) is 10.2. The van der Waals surface area contributed by atoms with Crippen LogP contribution in [0.15, 0.2) is 48.7 Å². The Morgan fingerprint density at radius 3 is 2.61 bits per heavy atom. The molecule has 0 saturated carbocycles. The Hall–Kier alpha value is -2.20. The summed E-state index contributed by atoms with van der Waals surface area (Å²) >= 11 is 0. The van der Waals surface area contributed by atoms with Crippen LogP contribution in [0.4, 0.5) is 0 Å². The predicted octanol–water partition coefficient (Wildman–Crippen LogP) is 2.50. The van der Waals surface area contributed by atoms with Crippen LogP contribution in [-0.2, 0) is 18.0 Å². The van der Waals surface area contributed by atoms with Crippen molar-refractivity contribution in [2.75, 3.05) is 0 Å². The molecule has 0 atom stereocenters. The van der Waals surface area contributed by atoms with Gasteiger partial charge in [0.2, 0.25) is 0 Å². The number of nitrogens with zero attached hydrogens (tertiary/aromatic N) is 1. The molecule has 1 aromatic heterocycles. The third-order valence-corrected chi connectivity index (χ3v) is 2.46. The molecule has 0 saturated heterocycles. The highest BCUT2D eigenvalue weighted by Gasteiger charge is 2.10. The van der Waals surface area contributed by atoms with Crippen molar-refractivity contribution in [2.45, 2.75) is 13.2 Å². The van der Waals surface area contributed by atoms with Gasteiger partial charge in [-0.15, -0.1) is 0 Å². The molecule has 1 heterocycles. The lowest BCUT2D eigenvalue weighted by Gasteiger charge is -2.06. The Morgan fingerprint density at radius 2 is 1.89 bits per heavy atom. The fraction of sp³-hybridized carbons (Fsp3) is 0.143. The van der Waals surface area contributed by atoms with Crippen molar-refractivity contribution in [2.24, 2.45) is 0 Å². The molecule has 4 nitrogen and oxygen atoms in total. The molecular weight excluding hydrogens is 230 g/mol. The molecule has 0 aliphatic rings. The number of carboxylic acids is 1. The molecule has 18 heavy (non-hydrogen) atoms. The van der Waals surface area contributed by atoms with E-state index in [2.05, 4.69) is 4.98 Å². The van der Waals surface area contributed by atoms with Gasteiger partial charge in [-0.3, -0.25) is 0 Å².